The number of imidazole rings is 1. The van der Waals surface area contributed by atoms with Crippen LogP contribution in [0, 0.1) is 0 Å². The number of H-pyrrole nitrogens is 1. The van der Waals surface area contributed by atoms with Crippen LogP contribution in [0.5, 0.6) is 0 Å². The number of ether oxygens (including phenoxy) is 1. The molecule has 0 unspecified atom stereocenters. The molecule has 0 radical (unpaired) electrons. The number of nitrogens with zero attached hydrogens (tertiary/aromatic N) is 2. The standard InChI is InChI=1S/C17H18N4O/c18-13-3-6-15-16(11-13)20-17(19-15)12-1-4-14(5-2-12)21-7-9-22-10-8-21/h1-6,11H,7-10,18H2,(H,19,20). The second-order valence-electron chi connectivity index (χ2n) is 5.51. The number of aromatic nitrogens is 2. The average molecular weight is 294 g/mol. The van der Waals surface area contributed by atoms with E-state index in [4.69, 9.17) is 10.5 Å². The van der Waals surface area contributed by atoms with Crippen molar-refractivity contribution in [3.05, 3.63) is 42.5 Å². The van der Waals surface area contributed by atoms with Crippen molar-refractivity contribution < 1.29 is 4.74 Å². The molecular formula is C17H18N4O. The number of hydrogen-bond donors (Lipinski definition) is 2. The van der Waals surface area contributed by atoms with Crippen LogP contribution in [0.3, 0.4) is 0 Å². The highest BCUT2D eigenvalue weighted by molar-refractivity contribution is 5.82. The Balaban J connectivity index is 1.63. The Morgan fingerprint density at radius 3 is 2.59 bits per heavy atom. The molecule has 1 fully saturated rings. The molecule has 3 aromatic rings. The van der Waals surface area contributed by atoms with Crippen LogP contribution in [0.25, 0.3) is 22.4 Å². The SMILES string of the molecule is Nc1ccc2nc(-c3ccc(N4CCOCC4)cc3)[nH]c2c1. The molecule has 1 aliphatic rings. The Labute approximate surface area is 128 Å². The summed E-state index contributed by atoms with van der Waals surface area (Å²) >= 11 is 0. The molecule has 112 valence electrons. The normalized spacial score (nSPS) is 15.4. The van der Waals surface area contributed by atoms with Crippen LogP contribution in [0.2, 0.25) is 0 Å². The van der Waals surface area contributed by atoms with Gasteiger partial charge in [-0.3, -0.25) is 0 Å². The maximum atomic E-state index is 5.81. The van der Waals surface area contributed by atoms with Gasteiger partial charge in [0.05, 0.1) is 24.2 Å². The fourth-order valence-corrected chi connectivity index (χ4v) is 2.82. The molecular weight excluding hydrogens is 276 g/mol. The van der Waals surface area contributed by atoms with E-state index in [0.29, 0.717) is 0 Å². The van der Waals surface area contributed by atoms with E-state index in [0.717, 1.165) is 54.4 Å². The fourth-order valence-electron chi connectivity index (χ4n) is 2.82. The van der Waals surface area contributed by atoms with Gasteiger partial charge in [-0.1, -0.05) is 0 Å². The Bertz CT molecular complexity index is 788. The highest BCUT2D eigenvalue weighted by Gasteiger charge is 2.11. The van der Waals surface area contributed by atoms with Crippen LogP contribution >= 0.6 is 0 Å². The monoisotopic (exact) mass is 294 g/mol. The lowest BCUT2D eigenvalue weighted by atomic mass is 10.2. The van der Waals surface area contributed by atoms with Crippen molar-refractivity contribution in [2.24, 2.45) is 0 Å². The summed E-state index contributed by atoms with van der Waals surface area (Å²) in [5, 5.41) is 0. The highest BCUT2D eigenvalue weighted by atomic mass is 16.5. The van der Waals surface area contributed by atoms with Crippen LogP contribution in [-0.2, 0) is 4.74 Å². The molecule has 3 N–H and O–H groups in total. The number of benzene rings is 2. The minimum Gasteiger partial charge on any atom is -0.399 e. The quantitative estimate of drug-likeness (QED) is 0.713. The molecule has 0 amide bonds. The molecule has 22 heavy (non-hydrogen) atoms. The molecule has 2 heterocycles. The third kappa shape index (κ3) is 2.40. The van der Waals surface area contributed by atoms with E-state index in [1.54, 1.807) is 0 Å². The van der Waals surface area contributed by atoms with Crippen LogP contribution in [-0.4, -0.2) is 36.3 Å². The van der Waals surface area contributed by atoms with E-state index in [2.05, 4.69) is 39.1 Å². The summed E-state index contributed by atoms with van der Waals surface area (Å²) in [5.74, 6) is 0.870. The van der Waals surface area contributed by atoms with Gasteiger partial charge < -0.3 is 20.4 Å². The predicted octanol–water partition coefficient (Wildman–Crippen LogP) is 2.65. The highest BCUT2D eigenvalue weighted by Crippen LogP contribution is 2.24. The molecule has 0 aliphatic carbocycles. The number of anilines is 2. The molecule has 0 bridgehead atoms. The molecule has 0 atom stereocenters. The first-order valence-electron chi connectivity index (χ1n) is 7.48. The van der Waals surface area contributed by atoms with Crippen LogP contribution < -0.4 is 10.6 Å². The Morgan fingerprint density at radius 1 is 1.05 bits per heavy atom. The second-order valence-corrected chi connectivity index (χ2v) is 5.51. The van der Waals surface area contributed by atoms with E-state index >= 15 is 0 Å². The van der Waals surface area contributed by atoms with Crippen molar-refractivity contribution in [1.82, 2.24) is 9.97 Å². The first-order valence-corrected chi connectivity index (χ1v) is 7.48. The summed E-state index contributed by atoms with van der Waals surface area (Å²) in [7, 11) is 0. The third-order valence-electron chi connectivity index (χ3n) is 4.02. The van der Waals surface area contributed by atoms with Gasteiger partial charge in [-0.15, -0.1) is 0 Å². The largest absolute Gasteiger partial charge is 0.399 e. The Kier molecular flexibility index (Phi) is 3.20. The van der Waals surface area contributed by atoms with E-state index in [1.165, 1.54) is 5.69 Å². The van der Waals surface area contributed by atoms with Gasteiger partial charge in [0.1, 0.15) is 5.82 Å². The zero-order valence-corrected chi connectivity index (χ0v) is 12.2. The molecule has 5 heteroatoms. The summed E-state index contributed by atoms with van der Waals surface area (Å²) in [6.45, 7) is 3.49. The lowest BCUT2D eigenvalue weighted by molar-refractivity contribution is 0.122. The third-order valence-corrected chi connectivity index (χ3v) is 4.02. The summed E-state index contributed by atoms with van der Waals surface area (Å²) in [6, 6.07) is 14.2. The summed E-state index contributed by atoms with van der Waals surface area (Å²) in [5.41, 5.74) is 10.8. The molecule has 1 aromatic heterocycles. The fraction of sp³-hybridized carbons (Fsp3) is 0.235. The van der Waals surface area contributed by atoms with Crippen LogP contribution in [0.1, 0.15) is 0 Å². The number of nitrogens with two attached hydrogens (primary N) is 1. The number of aromatic amines is 1. The average Bonchev–Trinajstić information content (AvgIpc) is 2.99. The molecule has 1 aliphatic heterocycles. The molecule has 4 rings (SSSR count). The minimum atomic E-state index is 0.741. The minimum absolute atomic E-state index is 0.741. The van der Waals surface area contributed by atoms with Crippen molar-refractivity contribution in [2.75, 3.05) is 36.9 Å². The van der Waals surface area contributed by atoms with Crippen molar-refractivity contribution in [3.63, 3.8) is 0 Å². The molecule has 2 aromatic carbocycles. The van der Waals surface area contributed by atoms with Gasteiger partial charge in [-0.05, 0) is 42.5 Å². The van der Waals surface area contributed by atoms with E-state index in [9.17, 15) is 0 Å². The van der Waals surface area contributed by atoms with Crippen LogP contribution in [0.15, 0.2) is 42.5 Å². The summed E-state index contributed by atoms with van der Waals surface area (Å²) in [6.07, 6.45) is 0. The van der Waals surface area contributed by atoms with E-state index in [1.807, 2.05) is 18.2 Å². The smallest absolute Gasteiger partial charge is 0.138 e. The van der Waals surface area contributed by atoms with E-state index in [-0.39, 0.29) is 0 Å². The van der Waals surface area contributed by atoms with Crippen LogP contribution in [0.4, 0.5) is 11.4 Å². The zero-order valence-electron chi connectivity index (χ0n) is 12.2. The first kappa shape index (κ1) is 13.2. The second kappa shape index (κ2) is 5.35. The van der Waals surface area contributed by atoms with Crippen molar-refractivity contribution >= 4 is 22.4 Å². The number of nitrogens with one attached hydrogen (secondary N) is 1. The molecule has 1 saturated heterocycles. The zero-order chi connectivity index (χ0) is 14.9. The van der Waals surface area contributed by atoms with Gasteiger partial charge in [0.2, 0.25) is 0 Å². The van der Waals surface area contributed by atoms with Gasteiger partial charge in [0, 0.05) is 30.0 Å². The number of nitrogen functional groups attached to an aromatic ring is 1. The van der Waals surface area contributed by atoms with Gasteiger partial charge >= 0.3 is 0 Å². The predicted molar refractivity (Wildman–Crippen MR) is 89.0 cm³/mol. The molecule has 0 spiro atoms. The number of hydrogen-bond acceptors (Lipinski definition) is 4. The topological polar surface area (TPSA) is 67.2 Å². The van der Waals surface area contributed by atoms with Crippen molar-refractivity contribution in [3.8, 4) is 11.4 Å². The van der Waals surface area contributed by atoms with Crippen molar-refractivity contribution in [1.29, 1.82) is 0 Å². The number of fused-ring (bicyclic) bond motifs is 1. The Hall–Kier alpha value is -2.53. The maximum absolute atomic E-state index is 5.81. The van der Waals surface area contributed by atoms with Gasteiger partial charge in [0.15, 0.2) is 0 Å². The lowest BCUT2D eigenvalue weighted by Gasteiger charge is -2.28. The number of rotatable bonds is 2. The van der Waals surface area contributed by atoms with Gasteiger partial charge in [0.25, 0.3) is 0 Å². The van der Waals surface area contributed by atoms with E-state index < -0.39 is 0 Å². The maximum Gasteiger partial charge on any atom is 0.138 e. The lowest BCUT2D eigenvalue weighted by Crippen LogP contribution is -2.36. The molecule has 5 nitrogen and oxygen atoms in total. The van der Waals surface area contributed by atoms with Gasteiger partial charge in [-0.25, -0.2) is 4.98 Å². The first-order chi connectivity index (χ1) is 10.8. The summed E-state index contributed by atoms with van der Waals surface area (Å²) in [4.78, 5) is 10.3. The number of morpholine rings is 1. The Morgan fingerprint density at radius 2 is 1.82 bits per heavy atom. The summed E-state index contributed by atoms with van der Waals surface area (Å²) < 4.78 is 5.39. The molecule has 0 saturated carbocycles. The van der Waals surface area contributed by atoms with Crippen molar-refractivity contribution in [2.45, 2.75) is 0 Å². The van der Waals surface area contributed by atoms with Gasteiger partial charge in [-0.2, -0.15) is 0 Å².